The largest absolute Gasteiger partial charge is 0.464 e. The normalized spacial score (nSPS) is 13.3. The van der Waals surface area contributed by atoms with Crippen molar-refractivity contribution in [2.45, 2.75) is 47.6 Å². The van der Waals surface area contributed by atoms with Crippen LogP contribution < -0.4 is 9.61 Å². The molecule has 1 aromatic carbocycles. The first-order chi connectivity index (χ1) is 12.3. The van der Waals surface area contributed by atoms with Gasteiger partial charge in [-0.15, -0.1) is 0 Å². The Kier molecular flexibility index (Phi) is 9.28. The van der Waals surface area contributed by atoms with Crippen molar-refractivity contribution in [2.75, 3.05) is 6.61 Å². The van der Waals surface area contributed by atoms with Crippen molar-refractivity contribution in [3.8, 4) is 5.75 Å². The Labute approximate surface area is 162 Å². The maximum Gasteiger partial charge on any atom is 0.323 e. The van der Waals surface area contributed by atoms with Crippen molar-refractivity contribution < 1.29 is 14.1 Å². The third-order valence-corrected chi connectivity index (χ3v) is 4.53. The second-order valence-corrected chi connectivity index (χ2v) is 8.53. The van der Waals surface area contributed by atoms with E-state index < -0.39 is 13.7 Å². The third-order valence-electron chi connectivity index (χ3n) is 3.08. The fraction of sp³-hybridized carbons (Fsp3) is 0.474. The molecule has 1 N–H and O–H groups in total. The number of rotatable bonds is 6. The van der Waals surface area contributed by atoms with Gasteiger partial charge in [0.2, 0.25) is 0 Å². The maximum absolute atomic E-state index is 12.0. The molecule has 0 spiro atoms. The van der Waals surface area contributed by atoms with Crippen LogP contribution >= 0.6 is 18.9 Å². The lowest BCUT2D eigenvalue weighted by Crippen LogP contribution is -2.33. The van der Waals surface area contributed by atoms with Crippen LogP contribution in [-0.2, 0) is 9.53 Å². The van der Waals surface area contributed by atoms with Gasteiger partial charge in [-0.3, -0.25) is 9.78 Å². The third kappa shape index (κ3) is 7.45. The molecule has 0 aliphatic rings. The van der Waals surface area contributed by atoms with Gasteiger partial charge in [0, 0.05) is 11.6 Å². The maximum atomic E-state index is 12.0. The molecule has 0 radical (unpaired) electrons. The zero-order valence-corrected chi connectivity index (χ0v) is 17.9. The summed E-state index contributed by atoms with van der Waals surface area (Å²) in [6, 6.07) is 8.78. The molecule has 7 heteroatoms. The quantitative estimate of drug-likeness (QED) is 0.501. The molecule has 1 heterocycles. The summed E-state index contributed by atoms with van der Waals surface area (Å²) in [5.74, 6) is 0.283. The highest BCUT2D eigenvalue weighted by atomic mass is 35.7. The first-order valence-electron chi connectivity index (χ1n) is 8.67. The van der Waals surface area contributed by atoms with Crippen molar-refractivity contribution in [1.82, 2.24) is 10.1 Å². The molecule has 5 nitrogen and oxygen atoms in total. The van der Waals surface area contributed by atoms with Crippen molar-refractivity contribution >= 4 is 35.8 Å². The fourth-order valence-corrected chi connectivity index (χ4v) is 3.34. The summed E-state index contributed by atoms with van der Waals surface area (Å²) < 4.78 is 11.0. The molecule has 2 rings (SSSR count). The van der Waals surface area contributed by atoms with Crippen molar-refractivity contribution in [1.29, 1.82) is 0 Å². The number of nitrogens with zero attached hydrogens (tertiary/aromatic N) is 1. The molecule has 0 amide bonds. The molecule has 2 atom stereocenters. The summed E-state index contributed by atoms with van der Waals surface area (Å²) in [5, 5.41) is 3.82. The Bertz CT molecular complexity index is 701. The number of fused-ring (bicyclic) bond motifs is 1. The van der Waals surface area contributed by atoms with E-state index in [4.69, 9.17) is 20.5 Å². The van der Waals surface area contributed by atoms with E-state index in [1.165, 1.54) is 0 Å². The number of benzene rings is 1. The topological polar surface area (TPSA) is 60.5 Å². The lowest BCUT2D eigenvalue weighted by molar-refractivity contribution is -0.147. The van der Waals surface area contributed by atoms with Crippen LogP contribution in [0.5, 0.6) is 5.75 Å². The number of nitrogens with one attached hydrogen (secondary N) is 1. The van der Waals surface area contributed by atoms with Gasteiger partial charge < -0.3 is 9.26 Å². The van der Waals surface area contributed by atoms with Crippen LogP contribution in [0, 0.1) is 5.41 Å². The van der Waals surface area contributed by atoms with Gasteiger partial charge in [0.25, 0.3) is 7.65 Å². The van der Waals surface area contributed by atoms with Crippen LogP contribution in [0.15, 0.2) is 36.5 Å². The summed E-state index contributed by atoms with van der Waals surface area (Å²) >= 11 is 6.25. The van der Waals surface area contributed by atoms with Crippen LogP contribution in [-0.4, -0.2) is 23.6 Å². The minimum Gasteiger partial charge on any atom is -0.464 e. The minimum absolute atomic E-state index is 0.0759. The van der Waals surface area contributed by atoms with E-state index in [2.05, 4.69) is 10.1 Å². The molecular formula is C19H28ClN2O3P. The predicted octanol–water partition coefficient (Wildman–Crippen LogP) is 5.67. The number of halogens is 1. The zero-order valence-electron chi connectivity index (χ0n) is 16.2. The van der Waals surface area contributed by atoms with Crippen LogP contribution in [0.25, 0.3) is 10.9 Å². The number of carbonyl (C=O) groups excluding carboxylic acids is 1. The van der Waals surface area contributed by atoms with Gasteiger partial charge in [-0.05, 0) is 47.8 Å². The van der Waals surface area contributed by atoms with Gasteiger partial charge in [0.1, 0.15) is 11.8 Å². The van der Waals surface area contributed by atoms with E-state index in [1.807, 2.05) is 65.0 Å². The Morgan fingerprint density at radius 3 is 2.62 bits per heavy atom. The molecule has 0 saturated carbocycles. The van der Waals surface area contributed by atoms with E-state index in [9.17, 15) is 4.79 Å². The molecule has 0 saturated heterocycles. The van der Waals surface area contributed by atoms with E-state index in [0.717, 1.165) is 10.9 Å². The monoisotopic (exact) mass is 398 g/mol. The molecular weight excluding hydrogens is 371 g/mol. The molecule has 26 heavy (non-hydrogen) atoms. The van der Waals surface area contributed by atoms with Crippen LogP contribution in [0.1, 0.15) is 41.5 Å². The SMILES string of the molecule is CC.CC(NP(Cl)Oc1cccc2ncccc12)C(=O)OCC(C)(C)C. The van der Waals surface area contributed by atoms with Gasteiger partial charge in [-0.1, -0.05) is 40.7 Å². The second kappa shape index (κ2) is 10.7. The van der Waals surface area contributed by atoms with Crippen molar-refractivity contribution in [3.63, 3.8) is 0 Å². The summed E-state index contributed by atoms with van der Waals surface area (Å²) in [6.07, 6.45) is 1.72. The Hall–Kier alpha value is -1.42. The highest BCUT2D eigenvalue weighted by Gasteiger charge is 2.22. The average molecular weight is 399 g/mol. The van der Waals surface area contributed by atoms with Crippen LogP contribution in [0.2, 0.25) is 0 Å². The lowest BCUT2D eigenvalue weighted by Gasteiger charge is -2.21. The van der Waals surface area contributed by atoms with E-state index >= 15 is 0 Å². The summed E-state index contributed by atoms with van der Waals surface area (Å²) in [5.41, 5.74) is 0.751. The zero-order chi connectivity index (χ0) is 19.7. The number of pyridine rings is 1. The molecule has 2 aromatic rings. The van der Waals surface area contributed by atoms with E-state index in [0.29, 0.717) is 12.4 Å². The minimum atomic E-state index is -1.55. The molecule has 0 aliphatic carbocycles. The van der Waals surface area contributed by atoms with Gasteiger partial charge >= 0.3 is 5.97 Å². The summed E-state index contributed by atoms with van der Waals surface area (Å²) in [6.45, 7) is 12.1. The number of hydrogen-bond donors (Lipinski definition) is 1. The predicted molar refractivity (Wildman–Crippen MR) is 110 cm³/mol. The molecule has 0 aliphatic heterocycles. The number of esters is 1. The standard InChI is InChI=1S/C17H22ClN2O3P.C2H6/c1-12(16(21)22-11-17(2,3)4)20-24(18)23-15-9-5-8-14-13(15)7-6-10-19-14;1-2/h5-10,12,20H,11H2,1-4H3;1-2H3. The Morgan fingerprint density at radius 2 is 1.96 bits per heavy atom. The van der Waals surface area contributed by atoms with Crippen LogP contribution in [0.4, 0.5) is 0 Å². The van der Waals surface area contributed by atoms with Gasteiger partial charge in [0.05, 0.1) is 12.1 Å². The average Bonchev–Trinajstić information content (AvgIpc) is 2.61. The Morgan fingerprint density at radius 1 is 1.27 bits per heavy atom. The van der Waals surface area contributed by atoms with E-state index in [-0.39, 0.29) is 11.4 Å². The fourth-order valence-electron chi connectivity index (χ4n) is 1.89. The lowest BCUT2D eigenvalue weighted by atomic mass is 9.99. The number of ether oxygens (including phenoxy) is 1. The smallest absolute Gasteiger partial charge is 0.323 e. The number of aromatic nitrogens is 1. The molecule has 2 unspecified atom stereocenters. The Balaban J connectivity index is 0.00000163. The highest BCUT2D eigenvalue weighted by molar-refractivity contribution is 7.78. The molecule has 144 valence electrons. The highest BCUT2D eigenvalue weighted by Crippen LogP contribution is 2.41. The van der Waals surface area contributed by atoms with Gasteiger partial charge in [0.15, 0.2) is 0 Å². The first-order valence-corrected chi connectivity index (χ1v) is 10.8. The van der Waals surface area contributed by atoms with Crippen molar-refractivity contribution in [3.05, 3.63) is 36.5 Å². The molecule has 0 bridgehead atoms. The number of hydrogen-bond acceptors (Lipinski definition) is 5. The van der Waals surface area contributed by atoms with E-state index in [1.54, 1.807) is 13.1 Å². The second-order valence-electron chi connectivity index (χ2n) is 6.68. The summed E-state index contributed by atoms with van der Waals surface area (Å²) in [7, 11) is -1.55. The first kappa shape index (κ1) is 22.6. The van der Waals surface area contributed by atoms with Crippen LogP contribution in [0.3, 0.4) is 0 Å². The summed E-state index contributed by atoms with van der Waals surface area (Å²) in [4.78, 5) is 16.3. The molecule has 1 aromatic heterocycles. The number of carbonyl (C=O) groups is 1. The molecule has 0 fully saturated rings. The van der Waals surface area contributed by atoms with Gasteiger partial charge in [-0.2, -0.15) is 0 Å². The van der Waals surface area contributed by atoms with Gasteiger partial charge in [-0.25, -0.2) is 5.09 Å². The van der Waals surface area contributed by atoms with Crippen molar-refractivity contribution in [2.24, 2.45) is 5.41 Å².